The molecule has 2 rings (SSSR count). The minimum atomic E-state index is -0.0350. The predicted molar refractivity (Wildman–Crippen MR) is 73.6 cm³/mol. The van der Waals surface area contributed by atoms with Crippen LogP contribution < -0.4 is 9.47 Å². The molecule has 1 fully saturated rings. The normalized spacial score (nSPS) is 17.8. The summed E-state index contributed by atoms with van der Waals surface area (Å²) in [5, 5.41) is 7.76. The number of methoxy groups -OCH3 is 1. The number of ether oxygens (including phenoxy) is 2. The Labute approximate surface area is 118 Å². The number of allylic oxidation sites excluding steroid dienone is 1. The third-order valence-corrected chi connectivity index (χ3v) is 2.98. The Bertz CT molecular complexity index is 495. The molecule has 20 heavy (non-hydrogen) atoms. The van der Waals surface area contributed by atoms with Crippen molar-refractivity contribution in [3.05, 3.63) is 23.8 Å². The maximum atomic E-state index is 11.9. The first-order valence-electron chi connectivity index (χ1n) is 6.56. The van der Waals surface area contributed by atoms with Gasteiger partial charge in [-0.15, -0.1) is 10.2 Å². The summed E-state index contributed by atoms with van der Waals surface area (Å²) in [6.45, 7) is 5.11. The summed E-state index contributed by atoms with van der Waals surface area (Å²) in [6, 6.07) is 3.41. The molecule has 0 bridgehead atoms. The minimum Gasteiger partial charge on any atom is -0.480 e. The highest BCUT2D eigenvalue weighted by Crippen LogP contribution is 2.17. The minimum absolute atomic E-state index is 0.0350. The van der Waals surface area contributed by atoms with Crippen LogP contribution in [-0.4, -0.2) is 47.3 Å². The van der Waals surface area contributed by atoms with Crippen LogP contribution in [-0.2, 0) is 4.79 Å². The standard InChI is InChI=1S/C14H19N3O3/c1-10(2)8-14(18)17-7-6-11(9-17)20-13-5-4-12(19-3)15-16-13/h4-5,8,11H,6-7,9H2,1-3H3/t11-/m1/s1. The fourth-order valence-corrected chi connectivity index (χ4v) is 2.01. The highest BCUT2D eigenvalue weighted by Gasteiger charge is 2.26. The van der Waals surface area contributed by atoms with Gasteiger partial charge in [-0.2, -0.15) is 0 Å². The van der Waals surface area contributed by atoms with Crippen LogP contribution in [0.1, 0.15) is 20.3 Å². The van der Waals surface area contributed by atoms with E-state index < -0.39 is 0 Å². The summed E-state index contributed by atoms with van der Waals surface area (Å²) >= 11 is 0. The van der Waals surface area contributed by atoms with Crippen LogP contribution in [0.5, 0.6) is 11.8 Å². The Morgan fingerprint density at radius 1 is 1.35 bits per heavy atom. The van der Waals surface area contributed by atoms with Gasteiger partial charge in [-0.1, -0.05) is 5.57 Å². The molecular weight excluding hydrogens is 258 g/mol. The number of amides is 1. The van der Waals surface area contributed by atoms with E-state index in [1.54, 1.807) is 23.1 Å². The molecule has 1 amide bonds. The predicted octanol–water partition coefficient (Wildman–Crippen LogP) is 1.43. The molecule has 0 radical (unpaired) electrons. The van der Waals surface area contributed by atoms with Crippen molar-refractivity contribution in [3.63, 3.8) is 0 Å². The van der Waals surface area contributed by atoms with Crippen LogP contribution >= 0.6 is 0 Å². The van der Waals surface area contributed by atoms with Gasteiger partial charge in [0.15, 0.2) is 0 Å². The summed E-state index contributed by atoms with van der Waals surface area (Å²) in [7, 11) is 1.54. The first-order valence-corrected chi connectivity index (χ1v) is 6.56. The van der Waals surface area contributed by atoms with Gasteiger partial charge in [0.25, 0.3) is 0 Å². The van der Waals surface area contributed by atoms with Crippen LogP contribution in [0.15, 0.2) is 23.8 Å². The van der Waals surface area contributed by atoms with Crippen molar-refractivity contribution in [2.24, 2.45) is 0 Å². The van der Waals surface area contributed by atoms with Crippen LogP contribution in [0.3, 0.4) is 0 Å². The average molecular weight is 277 g/mol. The lowest BCUT2D eigenvalue weighted by molar-refractivity contribution is -0.125. The lowest BCUT2D eigenvalue weighted by atomic mass is 10.3. The molecule has 1 saturated heterocycles. The summed E-state index contributed by atoms with van der Waals surface area (Å²) in [6.07, 6.45) is 2.42. The van der Waals surface area contributed by atoms with Gasteiger partial charge in [0.1, 0.15) is 6.10 Å². The highest BCUT2D eigenvalue weighted by atomic mass is 16.5. The number of carbonyl (C=O) groups excluding carboxylic acids is 1. The Hall–Kier alpha value is -2.11. The Morgan fingerprint density at radius 3 is 2.65 bits per heavy atom. The molecule has 6 heteroatoms. The van der Waals surface area contributed by atoms with E-state index >= 15 is 0 Å². The molecule has 1 atom stereocenters. The van der Waals surface area contributed by atoms with Crippen molar-refractivity contribution < 1.29 is 14.3 Å². The van der Waals surface area contributed by atoms with E-state index in [1.807, 2.05) is 13.8 Å². The van der Waals surface area contributed by atoms with Gasteiger partial charge in [0, 0.05) is 31.2 Å². The van der Waals surface area contributed by atoms with Gasteiger partial charge in [-0.05, 0) is 13.8 Å². The van der Waals surface area contributed by atoms with Gasteiger partial charge in [0.05, 0.1) is 13.7 Å². The highest BCUT2D eigenvalue weighted by molar-refractivity contribution is 5.88. The first kappa shape index (κ1) is 14.3. The molecule has 0 unspecified atom stereocenters. The number of hydrogen-bond donors (Lipinski definition) is 0. The van der Waals surface area contributed by atoms with E-state index in [0.717, 1.165) is 12.0 Å². The molecule has 2 heterocycles. The van der Waals surface area contributed by atoms with E-state index in [2.05, 4.69) is 10.2 Å². The smallest absolute Gasteiger partial charge is 0.246 e. The number of carbonyl (C=O) groups is 1. The molecular formula is C14H19N3O3. The molecule has 6 nitrogen and oxygen atoms in total. The van der Waals surface area contributed by atoms with Crippen LogP contribution in [0, 0.1) is 0 Å². The molecule has 1 aliphatic rings. The fraction of sp³-hybridized carbons (Fsp3) is 0.500. The molecule has 0 N–H and O–H groups in total. The maximum Gasteiger partial charge on any atom is 0.246 e. The number of rotatable bonds is 4. The van der Waals surface area contributed by atoms with Crippen molar-refractivity contribution in [1.82, 2.24) is 15.1 Å². The molecule has 0 aromatic carbocycles. The molecule has 1 aliphatic heterocycles. The number of aromatic nitrogens is 2. The van der Waals surface area contributed by atoms with Crippen molar-refractivity contribution in [1.29, 1.82) is 0 Å². The van der Waals surface area contributed by atoms with Gasteiger partial charge in [-0.25, -0.2) is 0 Å². The molecule has 1 aromatic heterocycles. The second-order valence-electron chi connectivity index (χ2n) is 4.95. The van der Waals surface area contributed by atoms with Gasteiger partial charge < -0.3 is 14.4 Å². The Morgan fingerprint density at radius 2 is 2.05 bits per heavy atom. The summed E-state index contributed by atoms with van der Waals surface area (Å²) in [4.78, 5) is 13.7. The zero-order valence-electron chi connectivity index (χ0n) is 12.0. The van der Waals surface area contributed by atoms with Crippen molar-refractivity contribution in [2.75, 3.05) is 20.2 Å². The average Bonchev–Trinajstić information content (AvgIpc) is 2.87. The van der Waals surface area contributed by atoms with E-state index in [1.165, 1.54) is 7.11 Å². The molecule has 0 saturated carbocycles. The lowest BCUT2D eigenvalue weighted by Gasteiger charge is -2.15. The van der Waals surface area contributed by atoms with Crippen molar-refractivity contribution >= 4 is 5.91 Å². The van der Waals surface area contributed by atoms with Gasteiger partial charge >= 0.3 is 0 Å². The maximum absolute atomic E-state index is 11.9. The van der Waals surface area contributed by atoms with E-state index in [-0.39, 0.29) is 12.0 Å². The SMILES string of the molecule is COc1ccc(O[C@@H]2CCN(C(=O)C=C(C)C)C2)nn1. The molecule has 108 valence electrons. The van der Waals surface area contributed by atoms with Crippen LogP contribution in [0.25, 0.3) is 0 Å². The van der Waals surface area contributed by atoms with Gasteiger partial charge in [-0.3, -0.25) is 4.79 Å². The summed E-state index contributed by atoms with van der Waals surface area (Å²) < 4.78 is 10.7. The van der Waals surface area contributed by atoms with Gasteiger partial charge in [0.2, 0.25) is 17.7 Å². The zero-order chi connectivity index (χ0) is 14.5. The third-order valence-electron chi connectivity index (χ3n) is 2.98. The Kier molecular flexibility index (Phi) is 4.55. The van der Waals surface area contributed by atoms with Crippen molar-refractivity contribution in [2.45, 2.75) is 26.4 Å². The quantitative estimate of drug-likeness (QED) is 0.779. The summed E-state index contributed by atoms with van der Waals surface area (Å²) in [5.41, 5.74) is 1.00. The largest absolute Gasteiger partial charge is 0.480 e. The van der Waals surface area contributed by atoms with E-state index in [4.69, 9.17) is 9.47 Å². The first-order chi connectivity index (χ1) is 9.58. The Balaban J connectivity index is 1.89. The molecule has 0 spiro atoms. The number of likely N-dealkylation sites (tertiary alicyclic amines) is 1. The fourth-order valence-electron chi connectivity index (χ4n) is 2.01. The van der Waals surface area contributed by atoms with Crippen LogP contribution in [0.2, 0.25) is 0 Å². The number of hydrogen-bond acceptors (Lipinski definition) is 5. The molecule has 1 aromatic rings. The summed E-state index contributed by atoms with van der Waals surface area (Å²) in [5.74, 6) is 0.938. The van der Waals surface area contributed by atoms with Crippen LogP contribution in [0.4, 0.5) is 0 Å². The second kappa shape index (κ2) is 6.36. The zero-order valence-corrected chi connectivity index (χ0v) is 12.0. The molecule has 0 aliphatic carbocycles. The monoisotopic (exact) mass is 277 g/mol. The van der Waals surface area contributed by atoms with E-state index in [9.17, 15) is 4.79 Å². The van der Waals surface area contributed by atoms with E-state index in [0.29, 0.717) is 24.8 Å². The lowest BCUT2D eigenvalue weighted by Crippen LogP contribution is -2.29. The number of nitrogens with zero attached hydrogens (tertiary/aromatic N) is 3. The third kappa shape index (κ3) is 3.69. The van der Waals surface area contributed by atoms with Crippen molar-refractivity contribution in [3.8, 4) is 11.8 Å². The topological polar surface area (TPSA) is 64.6 Å². The second-order valence-corrected chi connectivity index (χ2v) is 4.95.